The average Bonchev–Trinajstić information content (AvgIpc) is 2.41. The molecule has 5 heteroatoms. The summed E-state index contributed by atoms with van der Waals surface area (Å²) >= 11 is 3.06. The van der Waals surface area contributed by atoms with Gasteiger partial charge in [-0.2, -0.15) is 4.39 Å². The third-order valence-electron chi connectivity index (χ3n) is 2.44. The number of halogens is 2. The molecule has 0 aliphatic heterocycles. The number of anilines is 1. The molecule has 0 saturated heterocycles. The van der Waals surface area contributed by atoms with Crippen LogP contribution >= 0.6 is 15.9 Å². The predicted molar refractivity (Wildman–Crippen MR) is 72.2 cm³/mol. The molecule has 2 aromatic rings. The molecule has 0 spiro atoms. The zero-order valence-corrected chi connectivity index (χ0v) is 11.4. The summed E-state index contributed by atoms with van der Waals surface area (Å²) in [5, 5.41) is 3.05. The van der Waals surface area contributed by atoms with E-state index in [-0.39, 0.29) is 0 Å². The van der Waals surface area contributed by atoms with Gasteiger partial charge in [0.2, 0.25) is 5.95 Å². The van der Waals surface area contributed by atoms with Gasteiger partial charge in [-0.25, -0.2) is 4.98 Å². The Morgan fingerprint density at radius 3 is 2.56 bits per heavy atom. The average molecular weight is 311 g/mol. The highest BCUT2D eigenvalue weighted by Gasteiger charge is 2.02. The van der Waals surface area contributed by atoms with Crippen molar-refractivity contribution in [3.8, 4) is 5.75 Å². The third-order valence-corrected chi connectivity index (χ3v) is 3.03. The molecule has 0 radical (unpaired) electrons. The highest BCUT2D eigenvalue weighted by Crippen LogP contribution is 2.17. The van der Waals surface area contributed by atoms with Gasteiger partial charge in [-0.05, 0) is 45.8 Å². The summed E-state index contributed by atoms with van der Waals surface area (Å²) in [6, 6.07) is 11.0. The van der Waals surface area contributed by atoms with Crippen molar-refractivity contribution in [2.45, 2.75) is 6.54 Å². The van der Waals surface area contributed by atoms with Crippen LogP contribution in [0, 0.1) is 5.95 Å². The molecule has 0 fully saturated rings. The van der Waals surface area contributed by atoms with Gasteiger partial charge < -0.3 is 10.1 Å². The molecule has 1 N–H and O–H groups in total. The summed E-state index contributed by atoms with van der Waals surface area (Å²) in [6.45, 7) is 0.581. The predicted octanol–water partition coefficient (Wildman–Crippen LogP) is 3.60. The van der Waals surface area contributed by atoms with Gasteiger partial charge in [-0.1, -0.05) is 12.1 Å². The number of methoxy groups -OCH3 is 1. The van der Waals surface area contributed by atoms with Crippen molar-refractivity contribution < 1.29 is 9.13 Å². The molecule has 0 aliphatic carbocycles. The Morgan fingerprint density at radius 1 is 1.22 bits per heavy atom. The molecule has 0 amide bonds. The molecule has 0 bridgehead atoms. The third kappa shape index (κ3) is 3.20. The van der Waals surface area contributed by atoms with Crippen LogP contribution in [0.1, 0.15) is 5.56 Å². The van der Waals surface area contributed by atoms with Crippen LogP contribution in [0.2, 0.25) is 0 Å². The van der Waals surface area contributed by atoms with E-state index >= 15 is 0 Å². The fourth-order valence-electron chi connectivity index (χ4n) is 1.45. The zero-order chi connectivity index (χ0) is 13.0. The minimum absolute atomic E-state index is 0.359. The van der Waals surface area contributed by atoms with Crippen LogP contribution in [0.3, 0.4) is 0 Å². The van der Waals surface area contributed by atoms with E-state index < -0.39 is 5.95 Å². The van der Waals surface area contributed by atoms with Crippen LogP contribution in [0.4, 0.5) is 10.2 Å². The molecule has 2 rings (SSSR count). The van der Waals surface area contributed by atoms with Gasteiger partial charge in [0, 0.05) is 6.54 Å². The van der Waals surface area contributed by atoms with Crippen molar-refractivity contribution in [3.63, 3.8) is 0 Å². The largest absolute Gasteiger partial charge is 0.497 e. The molecule has 0 unspecified atom stereocenters. The first kappa shape index (κ1) is 12.8. The topological polar surface area (TPSA) is 34.1 Å². The monoisotopic (exact) mass is 310 g/mol. The highest BCUT2D eigenvalue weighted by molar-refractivity contribution is 9.10. The Kier molecular flexibility index (Phi) is 4.15. The van der Waals surface area contributed by atoms with Crippen molar-refractivity contribution in [1.29, 1.82) is 0 Å². The maximum atomic E-state index is 13.2. The minimum Gasteiger partial charge on any atom is -0.497 e. The van der Waals surface area contributed by atoms with Crippen LogP contribution in [0.5, 0.6) is 5.75 Å². The lowest BCUT2D eigenvalue weighted by molar-refractivity contribution is 0.414. The fraction of sp³-hybridized carbons (Fsp3) is 0.154. The molecule has 1 aromatic carbocycles. The molecule has 0 atom stereocenters. The van der Waals surface area contributed by atoms with E-state index in [0.29, 0.717) is 16.8 Å². The van der Waals surface area contributed by atoms with E-state index in [9.17, 15) is 4.39 Å². The molecule has 3 nitrogen and oxygen atoms in total. The molecular formula is C13H12BrFN2O. The zero-order valence-electron chi connectivity index (χ0n) is 9.78. The van der Waals surface area contributed by atoms with E-state index in [4.69, 9.17) is 4.74 Å². The first-order valence-electron chi connectivity index (χ1n) is 5.38. The first-order chi connectivity index (χ1) is 8.69. The number of benzene rings is 1. The molecule has 18 heavy (non-hydrogen) atoms. The van der Waals surface area contributed by atoms with Crippen LogP contribution in [-0.4, -0.2) is 12.1 Å². The van der Waals surface area contributed by atoms with E-state index in [1.165, 1.54) is 0 Å². The van der Waals surface area contributed by atoms with Crippen LogP contribution in [0.25, 0.3) is 0 Å². The summed E-state index contributed by atoms with van der Waals surface area (Å²) in [5.74, 6) is 0.799. The van der Waals surface area contributed by atoms with Crippen LogP contribution < -0.4 is 10.1 Å². The van der Waals surface area contributed by atoms with E-state index in [0.717, 1.165) is 11.3 Å². The number of pyridine rings is 1. The summed E-state index contributed by atoms with van der Waals surface area (Å²) in [5.41, 5.74) is 1.07. The van der Waals surface area contributed by atoms with Gasteiger partial charge >= 0.3 is 0 Å². The quantitative estimate of drug-likeness (QED) is 0.876. The van der Waals surface area contributed by atoms with E-state index in [1.54, 1.807) is 19.2 Å². The minimum atomic E-state index is -0.519. The van der Waals surface area contributed by atoms with Crippen molar-refractivity contribution >= 4 is 21.7 Å². The maximum Gasteiger partial charge on any atom is 0.229 e. The molecular weight excluding hydrogens is 299 g/mol. The van der Waals surface area contributed by atoms with Gasteiger partial charge in [0.15, 0.2) is 0 Å². The number of ether oxygens (including phenoxy) is 1. The van der Waals surface area contributed by atoms with Crippen molar-refractivity contribution in [3.05, 3.63) is 52.4 Å². The Labute approximate surface area is 113 Å². The van der Waals surface area contributed by atoms with Gasteiger partial charge in [-0.3, -0.25) is 0 Å². The summed E-state index contributed by atoms with van der Waals surface area (Å²) in [4.78, 5) is 3.77. The maximum absolute atomic E-state index is 13.2. The molecule has 1 aromatic heterocycles. The Balaban J connectivity index is 1.99. The number of nitrogens with zero attached hydrogens (tertiary/aromatic N) is 1. The second-order valence-electron chi connectivity index (χ2n) is 3.67. The fourth-order valence-corrected chi connectivity index (χ4v) is 1.67. The number of nitrogens with one attached hydrogen (secondary N) is 1. The van der Waals surface area contributed by atoms with Gasteiger partial charge in [-0.15, -0.1) is 0 Å². The van der Waals surface area contributed by atoms with Crippen molar-refractivity contribution in [2.75, 3.05) is 12.4 Å². The van der Waals surface area contributed by atoms with Gasteiger partial charge in [0.05, 0.1) is 11.6 Å². The molecule has 1 heterocycles. The smallest absolute Gasteiger partial charge is 0.229 e. The Bertz CT molecular complexity index is 531. The number of aromatic nitrogens is 1. The molecule has 0 aliphatic rings. The normalized spacial score (nSPS) is 10.2. The van der Waals surface area contributed by atoms with Crippen molar-refractivity contribution in [2.24, 2.45) is 0 Å². The summed E-state index contributed by atoms with van der Waals surface area (Å²) in [7, 11) is 1.63. The molecule has 94 valence electrons. The number of rotatable bonds is 4. The SMILES string of the molecule is COc1ccc(CNc2ccc(Br)c(F)n2)cc1. The summed E-state index contributed by atoms with van der Waals surface area (Å²) < 4.78 is 18.6. The Morgan fingerprint density at radius 2 is 1.94 bits per heavy atom. The lowest BCUT2D eigenvalue weighted by Crippen LogP contribution is -2.02. The van der Waals surface area contributed by atoms with Crippen LogP contribution in [-0.2, 0) is 6.54 Å². The Hall–Kier alpha value is -1.62. The number of hydrogen-bond acceptors (Lipinski definition) is 3. The number of hydrogen-bond donors (Lipinski definition) is 1. The van der Waals surface area contributed by atoms with Gasteiger partial charge in [0.1, 0.15) is 11.6 Å². The lowest BCUT2D eigenvalue weighted by atomic mass is 10.2. The van der Waals surface area contributed by atoms with Gasteiger partial charge in [0.25, 0.3) is 0 Å². The lowest BCUT2D eigenvalue weighted by Gasteiger charge is -2.07. The summed E-state index contributed by atoms with van der Waals surface area (Å²) in [6.07, 6.45) is 0. The second-order valence-corrected chi connectivity index (χ2v) is 4.53. The van der Waals surface area contributed by atoms with Crippen molar-refractivity contribution in [1.82, 2.24) is 4.98 Å². The highest BCUT2D eigenvalue weighted by atomic mass is 79.9. The standard InChI is InChI=1S/C13H12BrFN2O/c1-18-10-4-2-9(3-5-10)8-16-12-7-6-11(14)13(15)17-12/h2-7H,8H2,1H3,(H,16,17). The first-order valence-corrected chi connectivity index (χ1v) is 6.17. The van der Waals surface area contributed by atoms with E-state index in [1.807, 2.05) is 24.3 Å². The second kappa shape index (κ2) is 5.82. The van der Waals surface area contributed by atoms with E-state index in [2.05, 4.69) is 26.2 Å². The molecule has 0 saturated carbocycles. The van der Waals surface area contributed by atoms with Crippen LogP contribution in [0.15, 0.2) is 40.9 Å².